The molecule has 0 heterocycles. The minimum Gasteiger partial charge on any atom is -0.495 e. The third-order valence-corrected chi connectivity index (χ3v) is 2.75. The molecule has 0 saturated carbocycles. The maximum Gasteiger partial charge on any atom is 0.327 e. The summed E-state index contributed by atoms with van der Waals surface area (Å²) in [6, 6.07) is 3.75. The third kappa shape index (κ3) is 4.11. The highest BCUT2D eigenvalue weighted by Crippen LogP contribution is 2.28. The summed E-state index contributed by atoms with van der Waals surface area (Å²) >= 11 is 6.03. The summed E-state index contributed by atoms with van der Waals surface area (Å²) in [5.41, 5.74) is 2.20. The second-order valence-electron chi connectivity index (χ2n) is 3.69. The molecule has 4 heteroatoms. The Balaban J connectivity index is 2.72. The smallest absolute Gasteiger partial charge is 0.327 e. The topological polar surface area (TPSA) is 46.5 Å². The first-order chi connectivity index (χ1) is 8.04. The first-order valence-corrected chi connectivity index (χ1v) is 5.65. The lowest BCUT2D eigenvalue weighted by Gasteiger charge is -2.09. The molecule has 0 unspecified atom stereocenters. The summed E-state index contributed by atoms with van der Waals surface area (Å²) in [5.74, 6) is -0.261. The highest BCUT2D eigenvalue weighted by atomic mass is 35.5. The van der Waals surface area contributed by atoms with Gasteiger partial charge in [-0.25, -0.2) is 4.79 Å². The van der Waals surface area contributed by atoms with Gasteiger partial charge in [-0.3, -0.25) is 0 Å². The summed E-state index contributed by atoms with van der Waals surface area (Å²) in [6.07, 6.45) is 4.23. The monoisotopic (exact) mass is 254 g/mol. The first kappa shape index (κ1) is 13.6. The van der Waals surface area contributed by atoms with Gasteiger partial charge >= 0.3 is 5.97 Å². The molecule has 0 amide bonds. The van der Waals surface area contributed by atoms with E-state index in [0.29, 0.717) is 17.2 Å². The van der Waals surface area contributed by atoms with Gasteiger partial charge in [0.05, 0.1) is 12.1 Å². The Morgan fingerprint density at radius 1 is 1.53 bits per heavy atom. The lowest BCUT2D eigenvalue weighted by Crippen LogP contribution is -1.93. The highest BCUT2D eigenvalue weighted by Gasteiger charge is 2.05. The summed E-state index contributed by atoms with van der Waals surface area (Å²) in [4.78, 5) is 10.3. The quantitative estimate of drug-likeness (QED) is 0.821. The number of ether oxygens (including phenoxy) is 1. The number of carboxylic acid groups (broad SMARTS) is 1. The Hall–Kier alpha value is -1.48. The van der Waals surface area contributed by atoms with Gasteiger partial charge < -0.3 is 9.84 Å². The number of methoxy groups -OCH3 is 1. The van der Waals surface area contributed by atoms with Gasteiger partial charge in [0.15, 0.2) is 0 Å². The van der Waals surface area contributed by atoms with Crippen molar-refractivity contribution >= 4 is 17.6 Å². The number of rotatable bonds is 5. The molecule has 1 N–H and O–H groups in total. The highest BCUT2D eigenvalue weighted by molar-refractivity contribution is 6.32. The van der Waals surface area contributed by atoms with E-state index in [1.807, 2.05) is 19.1 Å². The predicted molar refractivity (Wildman–Crippen MR) is 67.8 cm³/mol. The number of carboxylic acids is 1. The van der Waals surface area contributed by atoms with Crippen LogP contribution in [-0.2, 0) is 11.2 Å². The lowest BCUT2D eigenvalue weighted by atomic mass is 10.0. The average Bonchev–Trinajstić information content (AvgIpc) is 2.28. The minimum absolute atomic E-state index is 0.579. The maximum absolute atomic E-state index is 10.3. The van der Waals surface area contributed by atoms with Crippen molar-refractivity contribution in [2.24, 2.45) is 0 Å². The Morgan fingerprint density at radius 3 is 2.82 bits per heavy atom. The summed E-state index contributed by atoms with van der Waals surface area (Å²) in [7, 11) is 1.58. The molecule has 0 fully saturated rings. The van der Waals surface area contributed by atoms with Gasteiger partial charge in [0.2, 0.25) is 0 Å². The van der Waals surface area contributed by atoms with E-state index in [0.717, 1.165) is 23.6 Å². The largest absolute Gasteiger partial charge is 0.495 e. The first-order valence-electron chi connectivity index (χ1n) is 5.27. The standard InChI is InChI=1S/C13H15ClO3/c1-9-7-12(17-2)11(14)8-10(9)5-3-4-6-13(15)16/h4,6-8H,3,5H2,1-2H3,(H,15,16)/b6-4+. The van der Waals surface area contributed by atoms with Crippen LogP contribution in [0.25, 0.3) is 0 Å². The molecule has 0 radical (unpaired) electrons. The van der Waals surface area contributed by atoms with Crippen molar-refractivity contribution in [3.05, 3.63) is 40.4 Å². The van der Waals surface area contributed by atoms with Crippen LogP contribution in [0, 0.1) is 6.92 Å². The van der Waals surface area contributed by atoms with Crippen LogP contribution in [0.5, 0.6) is 5.75 Å². The zero-order chi connectivity index (χ0) is 12.8. The van der Waals surface area contributed by atoms with Gasteiger partial charge in [0.25, 0.3) is 0 Å². The van der Waals surface area contributed by atoms with Crippen molar-refractivity contribution in [2.75, 3.05) is 7.11 Å². The van der Waals surface area contributed by atoms with E-state index in [1.54, 1.807) is 13.2 Å². The number of benzene rings is 1. The van der Waals surface area contributed by atoms with Gasteiger partial charge in [0.1, 0.15) is 5.75 Å². The van der Waals surface area contributed by atoms with Gasteiger partial charge in [-0.2, -0.15) is 0 Å². The molecule has 1 aromatic carbocycles. The second-order valence-corrected chi connectivity index (χ2v) is 4.10. The Morgan fingerprint density at radius 2 is 2.24 bits per heavy atom. The van der Waals surface area contributed by atoms with E-state index >= 15 is 0 Å². The number of carbonyl (C=O) groups is 1. The van der Waals surface area contributed by atoms with Crippen LogP contribution in [0.4, 0.5) is 0 Å². The molecule has 0 aromatic heterocycles. The third-order valence-electron chi connectivity index (χ3n) is 2.45. The summed E-state index contributed by atoms with van der Waals surface area (Å²) in [5, 5.41) is 9.03. The van der Waals surface area contributed by atoms with Gasteiger partial charge in [-0.1, -0.05) is 17.7 Å². The average molecular weight is 255 g/mol. The molecular formula is C13H15ClO3. The molecule has 1 aromatic rings. The minimum atomic E-state index is -0.922. The van der Waals surface area contributed by atoms with E-state index < -0.39 is 5.97 Å². The number of allylic oxidation sites excluding steroid dienone is 1. The maximum atomic E-state index is 10.3. The normalized spacial score (nSPS) is 10.8. The van der Waals surface area contributed by atoms with Crippen LogP contribution in [0.3, 0.4) is 0 Å². The lowest BCUT2D eigenvalue weighted by molar-refractivity contribution is -0.131. The fourth-order valence-electron chi connectivity index (χ4n) is 1.54. The number of halogens is 1. The SMILES string of the molecule is COc1cc(C)c(CC/C=C/C(=O)O)cc1Cl. The van der Waals surface area contributed by atoms with Crippen LogP contribution in [-0.4, -0.2) is 18.2 Å². The van der Waals surface area contributed by atoms with Crippen LogP contribution in [0.2, 0.25) is 5.02 Å². The number of hydrogen-bond acceptors (Lipinski definition) is 2. The van der Waals surface area contributed by atoms with E-state index in [1.165, 1.54) is 0 Å². The molecule has 1 rings (SSSR count). The fourth-order valence-corrected chi connectivity index (χ4v) is 1.81. The van der Waals surface area contributed by atoms with E-state index in [9.17, 15) is 4.79 Å². The molecule has 0 spiro atoms. The Bertz CT molecular complexity index is 439. The van der Waals surface area contributed by atoms with Crippen molar-refractivity contribution in [1.82, 2.24) is 0 Å². The number of aryl methyl sites for hydroxylation is 2. The molecule has 92 valence electrons. The molecule has 0 saturated heterocycles. The zero-order valence-corrected chi connectivity index (χ0v) is 10.6. The van der Waals surface area contributed by atoms with Gasteiger partial charge in [0, 0.05) is 6.08 Å². The molecule has 0 aliphatic carbocycles. The van der Waals surface area contributed by atoms with Crippen molar-refractivity contribution in [3.8, 4) is 5.75 Å². The predicted octanol–water partition coefficient (Wildman–Crippen LogP) is 3.23. The molecule has 0 bridgehead atoms. The van der Waals surface area contributed by atoms with Gasteiger partial charge in [-0.15, -0.1) is 0 Å². The van der Waals surface area contributed by atoms with E-state index in [-0.39, 0.29) is 0 Å². The molecule has 0 aliphatic heterocycles. The molecule has 0 atom stereocenters. The Kier molecular flexibility index (Phi) is 5.04. The zero-order valence-electron chi connectivity index (χ0n) is 9.87. The Labute approximate surface area is 106 Å². The van der Waals surface area contributed by atoms with Crippen LogP contribution < -0.4 is 4.74 Å². The van der Waals surface area contributed by atoms with Crippen molar-refractivity contribution in [3.63, 3.8) is 0 Å². The number of hydrogen-bond donors (Lipinski definition) is 1. The molecule has 0 aliphatic rings. The van der Waals surface area contributed by atoms with Crippen LogP contribution in [0.1, 0.15) is 17.5 Å². The summed E-state index contributed by atoms with van der Waals surface area (Å²) < 4.78 is 5.11. The molecular weight excluding hydrogens is 240 g/mol. The second kappa shape index (κ2) is 6.30. The number of aliphatic carboxylic acids is 1. The van der Waals surface area contributed by atoms with Gasteiger partial charge in [-0.05, 0) is 43.0 Å². The summed E-state index contributed by atoms with van der Waals surface area (Å²) in [6.45, 7) is 1.98. The fraction of sp³-hybridized carbons (Fsp3) is 0.308. The van der Waals surface area contributed by atoms with Crippen molar-refractivity contribution in [1.29, 1.82) is 0 Å². The van der Waals surface area contributed by atoms with E-state index in [2.05, 4.69) is 0 Å². The molecule has 17 heavy (non-hydrogen) atoms. The van der Waals surface area contributed by atoms with E-state index in [4.69, 9.17) is 21.4 Å². The van der Waals surface area contributed by atoms with Crippen molar-refractivity contribution < 1.29 is 14.6 Å². The molecule has 3 nitrogen and oxygen atoms in total. The van der Waals surface area contributed by atoms with Crippen molar-refractivity contribution in [2.45, 2.75) is 19.8 Å². The van der Waals surface area contributed by atoms with Crippen LogP contribution >= 0.6 is 11.6 Å². The van der Waals surface area contributed by atoms with Crippen LogP contribution in [0.15, 0.2) is 24.3 Å².